The molecule has 3 fully saturated rings. The fourth-order valence-electron chi connectivity index (χ4n) is 3.55. The molecule has 2 N–H and O–H groups in total. The summed E-state index contributed by atoms with van der Waals surface area (Å²) >= 11 is 0. The van der Waals surface area contributed by atoms with Crippen molar-refractivity contribution in [1.82, 2.24) is 20.4 Å². The van der Waals surface area contributed by atoms with E-state index >= 15 is 0 Å². The summed E-state index contributed by atoms with van der Waals surface area (Å²) < 4.78 is 5.33. The highest BCUT2D eigenvalue weighted by Crippen LogP contribution is 2.18. The van der Waals surface area contributed by atoms with Gasteiger partial charge in [-0.3, -0.25) is 14.5 Å². The zero-order chi connectivity index (χ0) is 16.1. The zero-order valence-corrected chi connectivity index (χ0v) is 13.8. The van der Waals surface area contributed by atoms with Gasteiger partial charge in [0, 0.05) is 51.7 Å². The minimum Gasteiger partial charge on any atom is -0.379 e. The Kier molecular flexibility index (Phi) is 5.85. The first-order valence-electron chi connectivity index (χ1n) is 8.81. The summed E-state index contributed by atoms with van der Waals surface area (Å²) in [6.45, 7) is 7.27. The van der Waals surface area contributed by atoms with Crippen LogP contribution in [0.5, 0.6) is 0 Å². The highest BCUT2D eigenvalue weighted by Gasteiger charge is 2.34. The molecule has 23 heavy (non-hydrogen) atoms. The highest BCUT2D eigenvalue weighted by atomic mass is 16.5. The predicted octanol–water partition coefficient (Wildman–Crippen LogP) is -0.965. The number of nitrogens with one attached hydrogen (secondary N) is 2. The van der Waals surface area contributed by atoms with Crippen LogP contribution in [0.3, 0.4) is 0 Å². The maximum Gasteiger partial charge on any atom is 0.225 e. The van der Waals surface area contributed by atoms with Gasteiger partial charge in [0.25, 0.3) is 0 Å². The Hall–Kier alpha value is -1.18. The van der Waals surface area contributed by atoms with E-state index < -0.39 is 0 Å². The number of morpholine rings is 1. The van der Waals surface area contributed by atoms with Gasteiger partial charge in [0.15, 0.2) is 0 Å². The first-order valence-corrected chi connectivity index (χ1v) is 8.81. The lowest BCUT2D eigenvalue weighted by molar-refractivity contribution is -0.129. The number of nitrogens with zero attached hydrogens (tertiary/aromatic N) is 2. The fraction of sp³-hybridized carbons (Fsp3) is 0.875. The van der Waals surface area contributed by atoms with E-state index in [0.717, 1.165) is 45.8 Å². The summed E-state index contributed by atoms with van der Waals surface area (Å²) in [5, 5.41) is 6.37. The van der Waals surface area contributed by atoms with E-state index in [2.05, 4.69) is 15.5 Å². The van der Waals surface area contributed by atoms with Crippen LogP contribution in [-0.2, 0) is 14.3 Å². The van der Waals surface area contributed by atoms with Crippen LogP contribution in [0.2, 0.25) is 0 Å². The average molecular weight is 324 g/mol. The minimum absolute atomic E-state index is 0.0286. The Morgan fingerprint density at radius 3 is 2.87 bits per heavy atom. The molecule has 3 saturated heterocycles. The monoisotopic (exact) mass is 324 g/mol. The number of carbonyl (C=O) groups excluding carboxylic acids is 2. The molecular weight excluding hydrogens is 296 g/mol. The molecule has 0 radical (unpaired) electrons. The molecule has 0 saturated carbocycles. The molecule has 0 aromatic rings. The molecule has 3 rings (SSSR count). The van der Waals surface area contributed by atoms with Crippen molar-refractivity contribution < 1.29 is 14.3 Å². The third kappa shape index (κ3) is 4.65. The summed E-state index contributed by atoms with van der Waals surface area (Å²) in [6.07, 6.45) is 2.65. The van der Waals surface area contributed by atoms with Gasteiger partial charge in [-0.05, 0) is 19.4 Å². The van der Waals surface area contributed by atoms with Crippen LogP contribution in [-0.4, -0.2) is 86.7 Å². The van der Waals surface area contributed by atoms with Gasteiger partial charge in [0.2, 0.25) is 11.8 Å². The Bertz CT molecular complexity index is 420. The predicted molar refractivity (Wildman–Crippen MR) is 86.0 cm³/mol. The van der Waals surface area contributed by atoms with Crippen LogP contribution < -0.4 is 10.6 Å². The molecule has 3 heterocycles. The zero-order valence-electron chi connectivity index (χ0n) is 13.8. The lowest BCUT2D eigenvalue weighted by Gasteiger charge is -2.28. The van der Waals surface area contributed by atoms with E-state index in [4.69, 9.17) is 4.74 Å². The second-order valence-electron chi connectivity index (χ2n) is 6.73. The van der Waals surface area contributed by atoms with Crippen molar-refractivity contribution in [3.63, 3.8) is 0 Å². The summed E-state index contributed by atoms with van der Waals surface area (Å²) in [5.74, 6) is -0.0492. The van der Waals surface area contributed by atoms with Gasteiger partial charge in [-0.2, -0.15) is 0 Å². The molecule has 0 aromatic heterocycles. The molecule has 7 nitrogen and oxygen atoms in total. The number of hydrogen-bond acceptors (Lipinski definition) is 5. The number of carbonyl (C=O) groups is 2. The van der Waals surface area contributed by atoms with Crippen molar-refractivity contribution in [3.05, 3.63) is 0 Å². The van der Waals surface area contributed by atoms with E-state index in [1.54, 1.807) is 0 Å². The minimum atomic E-state index is -0.186. The van der Waals surface area contributed by atoms with Crippen LogP contribution in [0.15, 0.2) is 0 Å². The molecule has 2 atom stereocenters. The molecule has 7 heteroatoms. The van der Waals surface area contributed by atoms with Gasteiger partial charge in [-0.25, -0.2) is 0 Å². The normalized spacial score (nSPS) is 29.2. The third-order valence-electron chi connectivity index (χ3n) is 5.06. The SMILES string of the molecule is O=C(NCC1CCCN1)C1CC(=O)N(CCN2CCOCC2)C1. The quantitative estimate of drug-likeness (QED) is 0.658. The smallest absolute Gasteiger partial charge is 0.225 e. The van der Waals surface area contributed by atoms with Crippen LogP contribution in [0, 0.1) is 5.92 Å². The molecule has 0 aromatic carbocycles. The van der Waals surface area contributed by atoms with Crippen LogP contribution in [0.4, 0.5) is 0 Å². The summed E-state index contributed by atoms with van der Waals surface area (Å²) in [4.78, 5) is 28.5. The van der Waals surface area contributed by atoms with Crippen LogP contribution >= 0.6 is 0 Å². The van der Waals surface area contributed by atoms with Gasteiger partial charge in [-0.15, -0.1) is 0 Å². The summed E-state index contributed by atoms with van der Waals surface area (Å²) in [5.41, 5.74) is 0. The van der Waals surface area contributed by atoms with E-state index in [9.17, 15) is 9.59 Å². The number of amides is 2. The van der Waals surface area contributed by atoms with Crippen molar-refractivity contribution in [1.29, 1.82) is 0 Å². The third-order valence-corrected chi connectivity index (χ3v) is 5.06. The Morgan fingerprint density at radius 2 is 2.13 bits per heavy atom. The first-order chi connectivity index (χ1) is 11.2. The molecule has 0 spiro atoms. The topological polar surface area (TPSA) is 73.9 Å². The Labute approximate surface area is 137 Å². The number of likely N-dealkylation sites (tertiary alicyclic amines) is 1. The van der Waals surface area contributed by atoms with Crippen molar-refractivity contribution in [2.45, 2.75) is 25.3 Å². The lowest BCUT2D eigenvalue weighted by Crippen LogP contribution is -2.42. The number of hydrogen-bond donors (Lipinski definition) is 2. The van der Waals surface area contributed by atoms with Crippen molar-refractivity contribution in [2.24, 2.45) is 5.92 Å². The van der Waals surface area contributed by atoms with Gasteiger partial charge < -0.3 is 20.3 Å². The molecule has 3 aliphatic rings. The Balaban J connectivity index is 1.38. The summed E-state index contributed by atoms with van der Waals surface area (Å²) in [7, 11) is 0. The lowest BCUT2D eigenvalue weighted by atomic mass is 10.1. The molecule has 2 unspecified atom stereocenters. The fourth-order valence-corrected chi connectivity index (χ4v) is 3.55. The molecule has 2 amide bonds. The standard InChI is InChI=1S/C16H28N4O3/c21-15-10-13(16(22)18-11-14-2-1-3-17-14)12-20(15)5-4-19-6-8-23-9-7-19/h13-14,17H,1-12H2,(H,18,22). The average Bonchev–Trinajstić information content (AvgIpc) is 3.21. The highest BCUT2D eigenvalue weighted by molar-refractivity contribution is 5.89. The second kappa shape index (κ2) is 8.08. The number of rotatable bonds is 6. The van der Waals surface area contributed by atoms with E-state index in [1.807, 2.05) is 4.90 Å². The Morgan fingerprint density at radius 1 is 1.30 bits per heavy atom. The second-order valence-corrected chi connectivity index (χ2v) is 6.73. The van der Waals surface area contributed by atoms with Gasteiger partial charge in [0.1, 0.15) is 0 Å². The molecular formula is C16H28N4O3. The van der Waals surface area contributed by atoms with E-state index in [1.165, 1.54) is 6.42 Å². The maximum absolute atomic E-state index is 12.3. The van der Waals surface area contributed by atoms with Crippen molar-refractivity contribution in [2.75, 3.05) is 59.0 Å². The van der Waals surface area contributed by atoms with Gasteiger partial charge in [-0.1, -0.05) is 0 Å². The number of ether oxygens (including phenoxy) is 1. The first kappa shape index (κ1) is 16.7. The van der Waals surface area contributed by atoms with Crippen molar-refractivity contribution in [3.8, 4) is 0 Å². The maximum atomic E-state index is 12.3. The van der Waals surface area contributed by atoms with Crippen molar-refractivity contribution >= 4 is 11.8 Å². The van der Waals surface area contributed by atoms with Gasteiger partial charge >= 0.3 is 0 Å². The van der Waals surface area contributed by atoms with Crippen LogP contribution in [0.25, 0.3) is 0 Å². The largest absolute Gasteiger partial charge is 0.379 e. The summed E-state index contributed by atoms with van der Waals surface area (Å²) in [6, 6.07) is 0.397. The van der Waals surface area contributed by atoms with Crippen LogP contribution in [0.1, 0.15) is 19.3 Å². The van der Waals surface area contributed by atoms with E-state index in [-0.39, 0.29) is 17.7 Å². The van der Waals surface area contributed by atoms with E-state index in [0.29, 0.717) is 32.1 Å². The molecule has 3 aliphatic heterocycles. The molecule has 0 bridgehead atoms. The molecule has 130 valence electrons. The molecule has 0 aliphatic carbocycles. The van der Waals surface area contributed by atoms with Gasteiger partial charge in [0.05, 0.1) is 19.1 Å².